The van der Waals surface area contributed by atoms with Gasteiger partial charge >= 0.3 is 5.97 Å². The Morgan fingerprint density at radius 3 is 2.73 bits per heavy atom. The average molecular weight is 202 g/mol. The molecule has 1 aromatic carbocycles. The Morgan fingerprint density at radius 1 is 1.40 bits per heavy atom. The standard InChI is InChI=1S/C11H10N2O2/c1-6-10(12)9(11(14)15)7-4-2-3-5-8(7)13-6/h2-5H,12H2,1H3,(H,14,15). The Hall–Kier alpha value is -2.10. The van der Waals surface area contributed by atoms with Gasteiger partial charge in [0.25, 0.3) is 0 Å². The maximum Gasteiger partial charge on any atom is 0.338 e. The molecule has 4 heteroatoms. The minimum Gasteiger partial charge on any atom is -0.478 e. The van der Waals surface area contributed by atoms with Crippen LogP contribution in [0.15, 0.2) is 24.3 Å². The van der Waals surface area contributed by atoms with Crippen LogP contribution in [0.1, 0.15) is 16.1 Å². The summed E-state index contributed by atoms with van der Waals surface area (Å²) in [5.74, 6) is -1.02. The number of nitrogens with zero attached hydrogens (tertiary/aromatic N) is 1. The zero-order valence-electron chi connectivity index (χ0n) is 8.19. The number of hydrogen-bond acceptors (Lipinski definition) is 3. The lowest BCUT2D eigenvalue weighted by Crippen LogP contribution is -2.06. The normalized spacial score (nSPS) is 10.5. The number of pyridine rings is 1. The van der Waals surface area contributed by atoms with E-state index >= 15 is 0 Å². The van der Waals surface area contributed by atoms with E-state index in [4.69, 9.17) is 10.8 Å². The average Bonchev–Trinajstić information content (AvgIpc) is 2.19. The molecule has 4 nitrogen and oxygen atoms in total. The number of hydrogen-bond donors (Lipinski definition) is 2. The summed E-state index contributed by atoms with van der Waals surface area (Å²) >= 11 is 0. The fraction of sp³-hybridized carbons (Fsp3) is 0.0909. The van der Waals surface area contributed by atoms with Crippen LogP contribution in [0, 0.1) is 6.92 Å². The number of aryl methyl sites for hydroxylation is 1. The molecule has 0 atom stereocenters. The van der Waals surface area contributed by atoms with E-state index in [1.807, 2.05) is 6.07 Å². The largest absolute Gasteiger partial charge is 0.478 e. The summed E-state index contributed by atoms with van der Waals surface area (Å²) < 4.78 is 0. The monoisotopic (exact) mass is 202 g/mol. The summed E-state index contributed by atoms with van der Waals surface area (Å²) in [5.41, 5.74) is 7.28. The predicted molar refractivity (Wildman–Crippen MR) is 57.9 cm³/mol. The second kappa shape index (κ2) is 3.24. The van der Waals surface area contributed by atoms with Crippen LogP contribution in [0.4, 0.5) is 5.69 Å². The topological polar surface area (TPSA) is 76.2 Å². The Balaban J connectivity index is 2.95. The second-order valence-corrected chi connectivity index (χ2v) is 3.31. The third-order valence-corrected chi connectivity index (χ3v) is 2.33. The highest BCUT2D eigenvalue weighted by Crippen LogP contribution is 2.24. The zero-order chi connectivity index (χ0) is 11.0. The molecule has 0 saturated carbocycles. The highest BCUT2D eigenvalue weighted by Gasteiger charge is 2.15. The van der Waals surface area contributed by atoms with Gasteiger partial charge in [-0.2, -0.15) is 0 Å². The number of para-hydroxylation sites is 1. The number of anilines is 1. The molecule has 2 rings (SSSR count). The number of nitrogen functional groups attached to an aromatic ring is 1. The molecule has 1 aromatic heterocycles. The van der Waals surface area contributed by atoms with Crippen molar-refractivity contribution in [2.75, 3.05) is 5.73 Å². The van der Waals surface area contributed by atoms with Gasteiger partial charge in [-0.05, 0) is 13.0 Å². The van der Waals surface area contributed by atoms with Crippen molar-refractivity contribution < 1.29 is 9.90 Å². The van der Waals surface area contributed by atoms with Crippen molar-refractivity contribution in [2.24, 2.45) is 0 Å². The summed E-state index contributed by atoms with van der Waals surface area (Å²) in [6.45, 7) is 1.70. The van der Waals surface area contributed by atoms with Gasteiger partial charge in [0.1, 0.15) is 0 Å². The first-order valence-corrected chi connectivity index (χ1v) is 4.49. The predicted octanol–water partition coefficient (Wildman–Crippen LogP) is 1.82. The van der Waals surface area contributed by atoms with E-state index in [1.54, 1.807) is 25.1 Å². The van der Waals surface area contributed by atoms with Crippen LogP contribution in [0.2, 0.25) is 0 Å². The van der Waals surface area contributed by atoms with E-state index in [2.05, 4.69) is 4.98 Å². The summed E-state index contributed by atoms with van der Waals surface area (Å²) in [6.07, 6.45) is 0. The quantitative estimate of drug-likeness (QED) is 0.739. The SMILES string of the molecule is Cc1nc2ccccc2c(C(=O)O)c1N. The van der Waals surface area contributed by atoms with E-state index < -0.39 is 5.97 Å². The molecule has 3 N–H and O–H groups in total. The van der Waals surface area contributed by atoms with Gasteiger partial charge < -0.3 is 10.8 Å². The fourth-order valence-corrected chi connectivity index (χ4v) is 1.58. The number of aromatic nitrogens is 1. The van der Waals surface area contributed by atoms with Crippen molar-refractivity contribution >= 4 is 22.6 Å². The Bertz CT molecular complexity index is 550. The molecule has 0 aliphatic carbocycles. The summed E-state index contributed by atoms with van der Waals surface area (Å²) in [4.78, 5) is 15.3. The van der Waals surface area contributed by atoms with Gasteiger partial charge in [-0.15, -0.1) is 0 Å². The molecule has 1 heterocycles. The Labute approximate surface area is 86.4 Å². The van der Waals surface area contributed by atoms with Crippen LogP contribution in [0.3, 0.4) is 0 Å². The summed E-state index contributed by atoms with van der Waals surface area (Å²) in [5, 5.41) is 9.66. The van der Waals surface area contributed by atoms with E-state index in [9.17, 15) is 4.79 Å². The lowest BCUT2D eigenvalue weighted by Gasteiger charge is -2.07. The molecule has 0 aliphatic heterocycles. The number of benzene rings is 1. The zero-order valence-corrected chi connectivity index (χ0v) is 8.19. The molecule has 0 amide bonds. The Morgan fingerprint density at radius 2 is 2.07 bits per heavy atom. The highest BCUT2D eigenvalue weighted by atomic mass is 16.4. The first kappa shape index (κ1) is 9.45. The van der Waals surface area contributed by atoms with Crippen molar-refractivity contribution in [3.63, 3.8) is 0 Å². The smallest absolute Gasteiger partial charge is 0.338 e. The van der Waals surface area contributed by atoms with Crippen molar-refractivity contribution in [2.45, 2.75) is 6.92 Å². The molecule has 0 saturated heterocycles. The van der Waals surface area contributed by atoms with Gasteiger partial charge in [0, 0.05) is 5.39 Å². The lowest BCUT2D eigenvalue weighted by atomic mass is 10.1. The van der Waals surface area contributed by atoms with E-state index in [1.165, 1.54) is 0 Å². The van der Waals surface area contributed by atoms with Crippen molar-refractivity contribution in [1.29, 1.82) is 0 Å². The first-order chi connectivity index (χ1) is 7.11. The van der Waals surface area contributed by atoms with Crippen LogP contribution in [0.25, 0.3) is 10.9 Å². The minimum atomic E-state index is -1.02. The third-order valence-electron chi connectivity index (χ3n) is 2.33. The van der Waals surface area contributed by atoms with Gasteiger partial charge in [-0.1, -0.05) is 18.2 Å². The van der Waals surface area contributed by atoms with Crippen molar-refractivity contribution in [3.8, 4) is 0 Å². The molecule has 0 unspecified atom stereocenters. The van der Waals surface area contributed by atoms with E-state index in [-0.39, 0.29) is 11.3 Å². The Kier molecular flexibility index (Phi) is 2.04. The minimum absolute atomic E-state index is 0.137. The summed E-state index contributed by atoms with van der Waals surface area (Å²) in [7, 11) is 0. The van der Waals surface area contributed by atoms with E-state index in [0.29, 0.717) is 16.6 Å². The molecule has 76 valence electrons. The van der Waals surface area contributed by atoms with Gasteiger partial charge in [-0.25, -0.2) is 4.79 Å². The highest BCUT2D eigenvalue weighted by molar-refractivity contribution is 6.07. The molecule has 0 radical (unpaired) electrons. The van der Waals surface area contributed by atoms with Crippen LogP contribution < -0.4 is 5.73 Å². The summed E-state index contributed by atoms with van der Waals surface area (Å²) in [6, 6.07) is 7.07. The number of carboxylic acids is 1. The molecule has 2 aromatic rings. The van der Waals surface area contributed by atoms with Gasteiger partial charge in [0.2, 0.25) is 0 Å². The molecule has 15 heavy (non-hydrogen) atoms. The number of aromatic carboxylic acids is 1. The van der Waals surface area contributed by atoms with Gasteiger partial charge in [0.15, 0.2) is 0 Å². The third kappa shape index (κ3) is 1.40. The number of fused-ring (bicyclic) bond motifs is 1. The van der Waals surface area contributed by atoms with E-state index in [0.717, 1.165) is 0 Å². The molecular formula is C11H10N2O2. The molecule has 0 bridgehead atoms. The lowest BCUT2D eigenvalue weighted by molar-refractivity contribution is 0.0700. The first-order valence-electron chi connectivity index (χ1n) is 4.49. The fourth-order valence-electron chi connectivity index (χ4n) is 1.58. The molecule has 0 spiro atoms. The van der Waals surface area contributed by atoms with Gasteiger partial charge in [0.05, 0.1) is 22.5 Å². The van der Waals surface area contributed by atoms with Gasteiger partial charge in [-0.3, -0.25) is 4.98 Å². The number of nitrogens with two attached hydrogens (primary N) is 1. The number of carbonyl (C=O) groups is 1. The molecular weight excluding hydrogens is 192 g/mol. The maximum absolute atomic E-state index is 11.1. The number of rotatable bonds is 1. The number of carboxylic acid groups (broad SMARTS) is 1. The van der Waals surface area contributed by atoms with Crippen LogP contribution in [-0.2, 0) is 0 Å². The van der Waals surface area contributed by atoms with Crippen LogP contribution in [-0.4, -0.2) is 16.1 Å². The molecule has 0 fully saturated rings. The van der Waals surface area contributed by atoms with Crippen molar-refractivity contribution in [1.82, 2.24) is 4.98 Å². The van der Waals surface area contributed by atoms with Crippen LogP contribution in [0.5, 0.6) is 0 Å². The van der Waals surface area contributed by atoms with Crippen LogP contribution >= 0.6 is 0 Å². The second-order valence-electron chi connectivity index (χ2n) is 3.31. The maximum atomic E-state index is 11.1. The van der Waals surface area contributed by atoms with Crippen molar-refractivity contribution in [3.05, 3.63) is 35.5 Å². The molecule has 0 aliphatic rings.